The molecule has 0 aromatic heterocycles. The van der Waals surface area contributed by atoms with Gasteiger partial charge in [0.05, 0.1) is 11.1 Å². The Labute approximate surface area is 158 Å². The minimum atomic E-state index is -3.75. The quantitative estimate of drug-likeness (QED) is 0.406. The molecular weight excluding hydrogens is 360 g/mol. The lowest BCUT2D eigenvalue weighted by Gasteiger charge is -2.10. The standard InChI is InChI=1S/C21H18N2O3S/c1-3-14-26-21-13-10-17-6-4-5-7-19(17)20(21)15-22-23-27(24,25)18-11-8-16(2)9-12-18/h1,4-13,15,23H,14H2,2H3/b22-15+. The number of nitrogens with one attached hydrogen (secondary N) is 1. The third-order valence-electron chi connectivity index (χ3n) is 3.94. The van der Waals surface area contributed by atoms with Gasteiger partial charge in [-0.1, -0.05) is 53.9 Å². The number of sulfonamides is 1. The Morgan fingerprint density at radius 1 is 1.11 bits per heavy atom. The number of terminal acetylenes is 1. The van der Waals surface area contributed by atoms with Crippen LogP contribution in [0.2, 0.25) is 0 Å². The van der Waals surface area contributed by atoms with E-state index in [1.807, 2.05) is 37.3 Å². The zero-order chi connectivity index (χ0) is 19.3. The maximum atomic E-state index is 12.4. The van der Waals surface area contributed by atoms with Gasteiger partial charge in [0.15, 0.2) is 0 Å². The van der Waals surface area contributed by atoms with Gasteiger partial charge in [0.1, 0.15) is 12.4 Å². The Morgan fingerprint density at radius 2 is 1.85 bits per heavy atom. The topological polar surface area (TPSA) is 67.8 Å². The van der Waals surface area contributed by atoms with E-state index in [1.54, 1.807) is 18.2 Å². The molecule has 0 saturated heterocycles. The molecule has 0 unspecified atom stereocenters. The van der Waals surface area contributed by atoms with E-state index >= 15 is 0 Å². The molecule has 0 bridgehead atoms. The van der Waals surface area contributed by atoms with E-state index in [0.29, 0.717) is 11.3 Å². The number of aryl methyl sites for hydroxylation is 1. The lowest BCUT2D eigenvalue weighted by atomic mass is 10.0. The number of fused-ring (bicyclic) bond motifs is 1. The molecule has 0 radical (unpaired) electrons. The van der Waals surface area contributed by atoms with Crippen LogP contribution in [0.4, 0.5) is 0 Å². The van der Waals surface area contributed by atoms with Crippen LogP contribution in [0.1, 0.15) is 11.1 Å². The van der Waals surface area contributed by atoms with Crippen molar-refractivity contribution >= 4 is 27.0 Å². The van der Waals surface area contributed by atoms with E-state index in [1.165, 1.54) is 18.3 Å². The number of ether oxygens (including phenoxy) is 1. The van der Waals surface area contributed by atoms with E-state index in [9.17, 15) is 8.42 Å². The first-order chi connectivity index (χ1) is 13.0. The van der Waals surface area contributed by atoms with Gasteiger partial charge >= 0.3 is 0 Å². The van der Waals surface area contributed by atoms with Gasteiger partial charge in [-0.25, -0.2) is 4.83 Å². The van der Waals surface area contributed by atoms with Crippen molar-refractivity contribution < 1.29 is 13.2 Å². The lowest BCUT2D eigenvalue weighted by molar-refractivity contribution is 0.370. The summed E-state index contributed by atoms with van der Waals surface area (Å²) >= 11 is 0. The van der Waals surface area contributed by atoms with Gasteiger partial charge in [0, 0.05) is 5.56 Å². The maximum Gasteiger partial charge on any atom is 0.276 e. The summed E-state index contributed by atoms with van der Waals surface area (Å²) in [5, 5.41) is 5.80. The summed E-state index contributed by atoms with van der Waals surface area (Å²) in [7, 11) is -3.75. The van der Waals surface area contributed by atoms with Crippen LogP contribution in [0.25, 0.3) is 10.8 Å². The van der Waals surface area contributed by atoms with Gasteiger partial charge in [-0.2, -0.15) is 13.5 Å². The Bertz CT molecular complexity index is 1130. The predicted molar refractivity (Wildman–Crippen MR) is 107 cm³/mol. The van der Waals surface area contributed by atoms with Crippen molar-refractivity contribution in [3.8, 4) is 18.1 Å². The first-order valence-electron chi connectivity index (χ1n) is 8.21. The summed E-state index contributed by atoms with van der Waals surface area (Å²) in [6.45, 7) is 1.99. The SMILES string of the molecule is C#CCOc1ccc2ccccc2c1/C=N/NS(=O)(=O)c1ccc(C)cc1. The second kappa shape index (κ2) is 7.94. The minimum Gasteiger partial charge on any atom is -0.480 e. The molecule has 0 spiro atoms. The third-order valence-corrected chi connectivity index (χ3v) is 5.18. The number of benzene rings is 3. The molecule has 0 aliphatic rings. The third kappa shape index (κ3) is 4.27. The molecule has 3 rings (SSSR count). The van der Waals surface area contributed by atoms with Crippen LogP contribution in [-0.2, 0) is 10.0 Å². The zero-order valence-corrected chi connectivity index (χ0v) is 15.5. The van der Waals surface area contributed by atoms with Crippen molar-refractivity contribution in [3.05, 3.63) is 71.8 Å². The van der Waals surface area contributed by atoms with Crippen molar-refractivity contribution in [2.24, 2.45) is 5.10 Å². The fourth-order valence-electron chi connectivity index (χ4n) is 2.58. The number of rotatable bonds is 6. The summed E-state index contributed by atoms with van der Waals surface area (Å²) < 4.78 is 30.3. The predicted octanol–water partition coefficient (Wildman–Crippen LogP) is 3.47. The maximum absolute atomic E-state index is 12.4. The Kier molecular flexibility index (Phi) is 5.43. The monoisotopic (exact) mass is 378 g/mol. The molecule has 0 amide bonds. The van der Waals surface area contributed by atoms with Gasteiger partial charge in [0.25, 0.3) is 10.0 Å². The smallest absolute Gasteiger partial charge is 0.276 e. The molecular formula is C21H18N2O3S. The van der Waals surface area contributed by atoms with Crippen LogP contribution < -0.4 is 9.57 Å². The second-order valence-corrected chi connectivity index (χ2v) is 7.52. The Balaban J connectivity index is 1.93. The number of nitrogens with zero attached hydrogens (tertiary/aromatic N) is 1. The molecule has 0 aliphatic heterocycles. The highest BCUT2D eigenvalue weighted by atomic mass is 32.2. The van der Waals surface area contributed by atoms with Crippen molar-refractivity contribution in [1.82, 2.24) is 4.83 Å². The summed E-state index contributed by atoms with van der Waals surface area (Å²) in [5.41, 5.74) is 1.62. The molecule has 5 nitrogen and oxygen atoms in total. The molecule has 0 saturated carbocycles. The first kappa shape index (κ1) is 18.5. The molecule has 6 heteroatoms. The first-order valence-corrected chi connectivity index (χ1v) is 9.69. The Morgan fingerprint density at radius 3 is 2.59 bits per heavy atom. The molecule has 3 aromatic carbocycles. The minimum absolute atomic E-state index is 0.105. The summed E-state index contributed by atoms with van der Waals surface area (Å²) in [5.74, 6) is 2.95. The van der Waals surface area contributed by atoms with Gasteiger partial charge in [-0.05, 0) is 35.9 Å². The average molecular weight is 378 g/mol. The zero-order valence-electron chi connectivity index (χ0n) is 14.7. The van der Waals surface area contributed by atoms with Crippen molar-refractivity contribution in [2.45, 2.75) is 11.8 Å². The number of hydrazone groups is 1. The van der Waals surface area contributed by atoms with E-state index in [-0.39, 0.29) is 11.5 Å². The second-order valence-electron chi connectivity index (χ2n) is 5.86. The molecule has 0 heterocycles. The van der Waals surface area contributed by atoms with Crippen LogP contribution in [0.15, 0.2) is 70.7 Å². The fraction of sp³-hybridized carbons (Fsp3) is 0.0952. The van der Waals surface area contributed by atoms with Gasteiger partial charge in [-0.3, -0.25) is 0 Å². The van der Waals surface area contributed by atoms with Gasteiger partial charge in [0.2, 0.25) is 0 Å². The summed E-state index contributed by atoms with van der Waals surface area (Å²) in [6.07, 6.45) is 6.70. The van der Waals surface area contributed by atoms with E-state index in [0.717, 1.165) is 16.3 Å². The van der Waals surface area contributed by atoms with E-state index in [4.69, 9.17) is 11.2 Å². The lowest BCUT2D eigenvalue weighted by Crippen LogP contribution is -2.18. The van der Waals surface area contributed by atoms with Crippen molar-refractivity contribution in [2.75, 3.05) is 6.61 Å². The number of hydrogen-bond donors (Lipinski definition) is 1. The van der Waals surface area contributed by atoms with Crippen LogP contribution >= 0.6 is 0 Å². The highest BCUT2D eigenvalue weighted by Crippen LogP contribution is 2.26. The van der Waals surface area contributed by atoms with E-state index < -0.39 is 10.0 Å². The molecule has 3 aromatic rings. The highest BCUT2D eigenvalue weighted by molar-refractivity contribution is 7.89. The Hall–Kier alpha value is -3.30. The fourth-order valence-corrected chi connectivity index (χ4v) is 3.38. The largest absolute Gasteiger partial charge is 0.480 e. The van der Waals surface area contributed by atoms with Gasteiger partial charge in [-0.15, -0.1) is 6.42 Å². The molecule has 0 aliphatic carbocycles. The summed E-state index contributed by atoms with van der Waals surface area (Å²) in [6, 6.07) is 17.9. The molecule has 1 N–H and O–H groups in total. The van der Waals surface area contributed by atoms with E-state index in [2.05, 4.69) is 15.9 Å². The van der Waals surface area contributed by atoms with Crippen LogP contribution in [-0.4, -0.2) is 21.2 Å². The summed E-state index contributed by atoms with van der Waals surface area (Å²) in [4.78, 5) is 2.38. The molecule has 0 fully saturated rings. The molecule has 136 valence electrons. The van der Waals surface area contributed by atoms with Crippen LogP contribution in [0.3, 0.4) is 0 Å². The average Bonchev–Trinajstić information content (AvgIpc) is 2.67. The van der Waals surface area contributed by atoms with Crippen molar-refractivity contribution in [1.29, 1.82) is 0 Å². The van der Waals surface area contributed by atoms with Crippen LogP contribution in [0.5, 0.6) is 5.75 Å². The normalized spacial score (nSPS) is 11.4. The number of hydrogen-bond acceptors (Lipinski definition) is 4. The molecule has 0 atom stereocenters. The van der Waals surface area contributed by atoms with Crippen LogP contribution in [0, 0.1) is 19.3 Å². The van der Waals surface area contributed by atoms with Gasteiger partial charge < -0.3 is 4.74 Å². The van der Waals surface area contributed by atoms with Crippen molar-refractivity contribution in [3.63, 3.8) is 0 Å². The highest BCUT2D eigenvalue weighted by Gasteiger charge is 2.12. The molecule has 27 heavy (non-hydrogen) atoms.